The van der Waals surface area contributed by atoms with Crippen molar-refractivity contribution in [3.05, 3.63) is 74.9 Å². The normalized spacial score (nSPS) is 15.9. The SMILES string of the molecule is Cc1cccc(-n2nc(C)c3c2NC(=O)CC3C(=O)c2ccc(Br)cc2)c1C. The van der Waals surface area contributed by atoms with Gasteiger partial charge < -0.3 is 5.32 Å². The molecular formula is C22H20BrN3O2. The molecule has 3 aromatic rings. The van der Waals surface area contributed by atoms with Crippen LogP contribution in [-0.2, 0) is 4.79 Å². The van der Waals surface area contributed by atoms with Gasteiger partial charge in [0, 0.05) is 22.0 Å². The third kappa shape index (κ3) is 3.07. The predicted molar refractivity (Wildman–Crippen MR) is 112 cm³/mol. The Morgan fingerprint density at radius 1 is 1.14 bits per heavy atom. The molecule has 1 amide bonds. The molecule has 1 N–H and O–H groups in total. The second-order valence-electron chi connectivity index (χ2n) is 7.15. The van der Waals surface area contributed by atoms with Gasteiger partial charge in [-0.05, 0) is 50.1 Å². The fourth-order valence-electron chi connectivity index (χ4n) is 3.73. The lowest BCUT2D eigenvalue weighted by atomic mass is 9.85. The highest BCUT2D eigenvalue weighted by Gasteiger charge is 2.36. The Bertz CT molecular complexity index is 1100. The minimum atomic E-state index is -0.538. The Labute approximate surface area is 171 Å². The average molecular weight is 438 g/mol. The monoisotopic (exact) mass is 437 g/mol. The van der Waals surface area contributed by atoms with Crippen LogP contribution in [0.2, 0.25) is 0 Å². The zero-order chi connectivity index (χ0) is 20.0. The van der Waals surface area contributed by atoms with E-state index in [4.69, 9.17) is 0 Å². The van der Waals surface area contributed by atoms with Crippen LogP contribution < -0.4 is 5.32 Å². The third-order valence-corrected chi connectivity index (χ3v) is 5.88. The zero-order valence-corrected chi connectivity index (χ0v) is 17.5. The number of Topliss-reactive ketones (excluding diaryl/α,β-unsaturated/α-hetero) is 1. The number of hydrogen-bond donors (Lipinski definition) is 1. The fourth-order valence-corrected chi connectivity index (χ4v) is 3.99. The summed E-state index contributed by atoms with van der Waals surface area (Å²) in [6, 6.07) is 13.2. The van der Waals surface area contributed by atoms with Crippen LogP contribution in [0.15, 0.2) is 46.9 Å². The van der Waals surface area contributed by atoms with Crippen molar-refractivity contribution in [2.24, 2.45) is 0 Å². The van der Waals surface area contributed by atoms with Crippen LogP contribution in [0.3, 0.4) is 0 Å². The molecule has 4 rings (SSSR count). The smallest absolute Gasteiger partial charge is 0.226 e. The molecule has 0 saturated heterocycles. The summed E-state index contributed by atoms with van der Waals surface area (Å²) in [6.07, 6.45) is 0.126. The molecule has 6 heteroatoms. The van der Waals surface area contributed by atoms with Crippen LogP contribution in [0.25, 0.3) is 5.69 Å². The van der Waals surface area contributed by atoms with Crippen LogP contribution in [0, 0.1) is 20.8 Å². The number of amides is 1. The number of nitrogens with one attached hydrogen (secondary N) is 1. The van der Waals surface area contributed by atoms with E-state index in [0.717, 1.165) is 32.5 Å². The summed E-state index contributed by atoms with van der Waals surface area (Å²) in [5.74, 6) is -0.177. The molecule has 1 aliphatic heterocycles. The highest BCUT2D eigenvalue weighted by Crippen LogP contribution is 2.38. The van der Waals surface area contributed by atoms with Crippen molar-refractivity contribution in [1.82, 2.24) is 9.78 Å². The van der Waals surface area contributed by atoms with Crippen LogP contribution in [0.5, 0.6) is 0 Å². The Balaban J connectivity index is 1.84. The number of nitrogens with zero attached hydrogens (tertiary/aromatic N) is 2. The van der Waals surface area contributed by atoms with Gasteiger partial charge in [-0.25, -0.2) is 4.68 Å². The van der Waals surface area contributed by atoms with Crippen LogP contribution in [-0.4, -0.2) is 21.5 Å². The van der Waals surface area contributed by atoms with Crippen LogP contribution in [0.1, 0.15) is 45.1 Å². The average Bonchev–Trinajstić information content (AvgIpc) is 2.99. The third-order valence-electron chi connectivity index (χ3n) is 5.35. The van der Waals surface area contributed by atoms with E-state index in [1.165, 1.54) is 0 Å². The highest BCUT2D eigenvalue weighted by molar-refractivity contribution is 9.10. The summed E-state index contributed by atoms with van der Waals surface area (Å²) in [6.45, 7) is 5.96. The van der Waals surface area contributed by atoms with E-state index < -0.39 is 5.92 Å². The van der Waals surface area contributed by atoms with Crippen molar-refractivity contribution in [3.63, 3.8) is 0 Å². The van der Waals surface area contributed by atoms with Crippen LogP contribution in [0.4, 0.5) is 5.82 Å². The number of carbonyl (C=O) groups excluding carboxylic acids is 2. The van der Waals surface area contributed by atoms with E-state index >= 15 is 0 Å². The van der Waals surface area contributed by atoms with Gasteiger partial charge in [-0.3, -0.25) is 9.59 Å². The molecule has 0 aliphatic carbocycles. The summed E-state index contributed by atoms with van der Waals surface area (Å²) < 4.78 is 2.66. The van der Waals surface area contributed by atoms with Crippen LogP contribution >= 0.6 is 15.9 Å². The molecule has 0 bridgehead atoms. The number of halogens is 1. The van der Waals surface area contributed by atoms with Crippen molar-refractivity contribution in [2.45, 2.75) is 33.1 Å². The number of benzene rings is 2. The number of anilines is 1. The number of aromatic nitrogens is 2. The first-order valence-corrected chi connectivity index (χ1v) is 9.92. The van der Waals surface area contributed by atoms with Gasteiger partial charge in [0.05, 0.1) is 17.3 Å². The molecule has 0 spiro atoms. The standard InChI is InChI=1S/C22H20BrN3O2/c1-12-5-4-6-18(13(12)2)26-22-20(14(3)25-26)17(11-19(27)24-22)21(28)15-7-9-16(23)10-8-15/h4-10,17H,11H2,1-3H3,(H,24,27). The topological polar surface area (TPSA) is 64.0 Å². The van der Waals surface area contributed by atoms with E-state index in [2.05, 4.69) is 26.3 Å². The molecule has 0 radical (unpaired) electrons. The van der Waals surface area contributed by atoms with Gasteiger partial charge in [-0.1, -0.05) is 40.2 Å². The first-order chi connectivity index (χ1) is 13.4. The first-order valence-electron chi connectivity index (χ1n) is 9.12. The highest BCUT2D eigenvalue weighted by atomic mass is 79.9. The van der Waals surface area contributed by atoms with Gasteiger partial charge >= 0.3 is 0 Å². The van der Waals surface area contributed by atoms with E-state index in [0.29, 0.717) is 11.4 Å². The number of ketones is 1. The molecule has 0 fully saturated rings. The number of aryl methyl sites for hydroxylation is 2. The molecule has 1 atom stereocenters. The Morgan fingerprint density at radius 2 is 1.86 bits per heavy atom. The van der Waals surface area contributed by atoms with Gasteiger partial charge in [0.2, 0.25) is 5.91 Å². The maximum absolute atomic E-state index is 13.2. The lowest BCUT2D eigenvalue weighted by Crippen LogP contribution is -2.28. The maximum Gasteiger partial charge on any atom is 0.226 e. The molecule has 28 heavy (non-hydrogen) atoms. The molecule has 1 aliphatic rings. The lowest BCUT2D eigenvalue weighted by molar-refractivity contribution is -0.116. The Morgan fingerprint density at radius 3 is 2.57 bits per heavy atom. The summed E-state index contributed by atoms with van der Waals surface area (Å²) in [4.78, 5) is 25.7. The summed E-state index contributed by atoms with van der Waals surface area (Å²) in [7, 11) is 0. The summed E-state index contributed by atoms with van der Waals surface area (Å²) in [5, 5.41) is 7.62. The van der Waals surface area contributed by atoms with E-state index in [-0.39, 0.29) is 18.1 Å². The minimum absolute atomic E-state index is 0.0628. The summed E-state index contributed by atoms with van der Waals surface area (Å²) >= 11 is 3.39. The quantitative estimate of drug-likeness (QED) is 0.594. The second kappa shape index (κ2) is 7.02. The molecule has 1 aromatic heterocycles. The maximum atomic E-state index is 13.2. The summed E-state index contributed by atoms with van der Waals surface area (Å²) in [5.41, 5.74) is 5.28. The minimum Gasteiger partial charge on any atom is -0.310 e. The predicted octanol–water partition coefficient (Wildman–Crippen LogP) is 4.87. The van der Waals surface area contributed by atoms with Gasteiger partial charge in [0.25, 0.3) is 0 Å². The molecular weight excluding hydrogens is 418 g/mol. The molecule has 1 unspecified atom stereocenters. The lowest BCUT2D eigenvalue weighted by Gasteiger charge is -2.23. The van der Waals surface area contributed by atoms with Crippen molar-refractivity contribution in [3.8, 4) is 5.69 Å². The number of hydrogen-bond acceptors (Lipinski definition) is 3. The number of carbonyl (C=O) groups is 2. The Hall–Kier alpha value is -2.73. The van der Waals surface area contributed by atoms with Gasteiger partial charge in [-0.2, -0.15) is 5.10 Å². The second-order valence-corrected chi connectivity index (χ2v) is 8.07. The van der Waals surface area contributed by atoms with Gasteiger partial charge in [0.1, 0.15) is 5.82 Å². The largest absolute Gasteiger partial charge is 0.310 e. The molecule has 2 heterocycles. The van der Waals surface area contributed by atoms with E-state index in [1.54, 1.807) is 16.8 Å². The van der Waals surface area contributed by atoms with E-state index in [9.17, 15) is 9.59 Å². The van der Waals surface area contributed by atoms with Crippen molar-refractivity contribution >= 4 is 33.4 Å². The van der Waals surface area contributed by atoms with Gasteiger partial charge in [0.15, 0.2) is 5.78 Å². The van der Waals surface area contributed by atoms with Crippen molar-refractivity contribution < 1.29 is 9.59 Å². The molecule has 0 saturated carbocycles. The fraction of sp³-hybridized carbons (Fsp3) is 0.227. The van der Waals surface area contributed by atoms with Crippen molar-refractivity contribution in [1.29, 1.82) is 0 Å². The number of fused-ring (bicyclic) bond motifs is 1. The Kier molecular flexibility index (Phi) is 4.67. The first kappa shape index (κ1) is 18.6. The van der Waals surface area contributed by atoms with Gasteiger partial charge in [-0.15, -0.1) is 0 Å². The molecule has 5 nitrogen and oxygen atoms in total. The molecule has 2 aromatic carbocycles. The molecule has 142 valence electrons. The van der Waals surface area contributed by atoms with E-state index in [1.807, 2.05) is 51.1 Å². The zero-order valence-electron chi connectivity index (χ0n) is 15.9. The number of rotatable bonds is 3. The van der Waals surface area contributed by atoms with Crippen molar-refractivity contribution in [2.75, 3.05) is 5.32 Å².